The maximum Gasteiger partial charge on any atom is 0.393 e. The van der Waals surface area contributed by atoms with Crippen molar-refractivity contribution in [2.75, 3.05) is 14.1 Å². The van der Waals surface area contributed by atoms with Gasteiger partial charge in [0.15, 0.2) is 0 Å². The van der Waals surface area contributed by atoms with Gasteiger partial charge in [-0.2, -0.15) is 13.2 Å². The van der Waals surface area contributed by atoms with Gasteiger partial charge in [-0.15, -0.1) is 0 Å². The van der Waals surface area contributed by atoms with E-state index in [1.165, 1.54) is 0 Å². The van der Waals surface area contributed by atoms with Gasteiger partial charge in [0.05, 0.1) is 5.92 Å². The van der Waals surface area contributed by atoms with E-state index in [4.69, 9.17) is 0 Å². The third-order valence-corrected chi connectivity index (χ3v) is 2.56. The molecule has 0 spiro atoms. The molecule has 0 saturated heterocycles. The summed E-state index contributed by atoms with van der Waals surface area (Å²) >= 11 is 0. The first kappa shape index (κ1) is 9.84. The second kappa shape index (κ2) is 3.24. The molecule has 2 atom stereocenters. The molecule has 0 aromatic heterocycles. The summed E-state index contributed by atoms with van der Waals surface area (Å²) in [6.45, 7) is 0. The molecule has 0 heterocycles. The van der Waals surface area contributed by atoms with Crippen LogP contribution in [0.15, 0.2) is 0 Å². The molecule has 0 bridgehead atoms. The first-order valence-corrected chi connectivity index (χ1v) is 4.16. The van der Waals surface area contributed by atoms with Crippen molar-refractivity contribution in [1.82, 2.24) is 4.90 Å². The van der Waals surface area contributed by atoms with Crippen molar-refractivity contribution in [3.8, 4) is 0 Å². The summed E-state index contributed by atoms with van der Waals surface area (Å²) in [5.74, 6) is -1.10. The largest absolute Gasteiger partial charge is 0.393 e. The smallest absolute Gasteiger partial charge is 0.306 e. The minimum Gasteiger partial charge on any atom is -0.306 e. The van der Waals surface area contributed by atoms with Gasteiger partial charge < -0.3 is 4.90 Å². The number of halogens is 3. The van der Waals surface area contributed by atoms with Gasteiger partial charge in [0.25, 0.3) is 0 Å². The fraction of sp³-hybridized carbons (Fsp3) is 1.00. The molecule has 1 aliphatic carbocycles. The third-order valence-electron chi connectivity index (χ3n) is 2.56. The molecule has 1 nitrogen and oxygen atoms in total. The molecular formula is C8H14F3N. The molecule has 0 aromatic carbocycles. The standard InChI is InChI=1S/C8H14F3N/c1-12(2)7-5-3-4-6(7)8(9,10)11/h6-7H,3-5H2,1-2H3. The highest BCUT2D eigenvalue weighted by Crippen LogP contribution is 2.40. The summed E-state index contributed by atoms with van der Waals surface area (Å²) in [6, 6.07) is -0.301. The maximum atomic E-state index is 12.3. The van der Waals surface area contributed by atoms with Crippen LogP contribution in [0.4, 0.5) is 13.2 Å². The summed E-state index contributed by atoms with van der Waals surface area (Å²) in [4.78, 5) is 1.69. The molecule has 12 heavy (non-hydrogen) atoms. The summed E-state index contributed by atoms with van der Waals surface area (Å²) in [7, 11) is 3.43. The quantitative estimate of drug-likeness (QED) is 0.599. The molecule has 1 aliphatic rings. The normalized spacial score (nSPS) is 31.5. The maximum absolute atomic E-state index is 12.3. The molecule has 72 valence electrons. The lowest BCUT2D eigenvalue weighted by molar-refractivity contribution is -0.184. The van der Waals surface area contributed by atoms with Gasteiger partial charge in [-0.3, -0.25) is 0 Å². The molecule has 1 saturated carbocycles. The molecular weight excluding hydrogens is 167 g/mol. The Kier molecular flexibility index (Phi) is 2.66. The van der Waals surface area contributed by atoms with E-state index in [1.807, 2.05) is 0 Å². The second-order valence-corrected chi connectivity index (χ2v) is 3.61. The first-order chi connectivity index (χ1) is 5.43. The minimum absolute atomic E-state index is 0.298. The molecule has 1 rings (SSSR count). The minimum atomic E-state index is -4.01. The highest BCUT2D eigenvalue weighted by atomic mass is 19.4. The molecule has 0 amide bonds. The zero-order valence-corrected chi connectivity index (χ0v) is 7.36. The second-order valence-electron chi connectivity index (χ2n) is 3.61. The molecule has 0 radical (unpaired) electrons. The van der Waals surface area contributed by atoms with Crippen molar-refractivity contribution in [2.24, 2.45) is 5.92 Å². The van der Waals surface area contributed by atoms with Gasteiger partial charge in [0, 0.05) is 6.04 Å². The van der Waals surface area contributed by atoms with Crippen LogP contribution in [0.2, 0.25) is 0 Å². The Hall–Kier alpha value is -0.250. The van der Waals surface area contributed by atoms with Crippen molar-refractivity contribution >= 4 is 0 Å². The Morgan fingerprint density at radius 2 is 1.75 bits per heavy atom. The monoisotopic (exact) mass is 181 g/mol. The van der Waals surface area contributed by atoms with Crippen LogP contribution in [-0.4, -0.2) is 31.2 Å². The van der Waals surface area contributed by atoms with Crippen LogP contribution in [0.25, 0.3) is 0 Å². The molecule has 4 heteroatoms. The highest BCUT2D eigenvalue weighted by molar-refractivity contribution is 4.87. The van der Waals surface area contributed by atoms with Crippen molar-refractivity contribution in [1.29, 1.82) is 0 Å². The van der Waals surface area contributed by atoms with Crippen LogP contribution in [0.3, 0.4) is 0 Å². The van der Waals surface area contributed by atoms with Crippen LogP contribution in [0, 0.1) is 5.92 Å². The Morgan fingerprint density at radius 1 is 1.17 bits per heavy atom. The van der Waals surface area contributed by atoms with Crippen LogP contribution in [-0.2, 0) is 0 Å². The van der Waals surface area contributed by atoms with E-state index in [2.05, 4.69) is 0 Å². The number of nitrogens with zero attached hydrogens (tertiary/aromatic N) is 1. The predicted octanol–water partition coefficient (Wildman–Crippen LogP) is 2.28. The van der Waals surface area contributed by atoms with E-state index >= 15 is 0 Å². The Bertz CT molecular complexity index is 153. The van der Waals surface area contributed by atoms with Crippen molar-refractivity contribution < 1.29 is 13.2 Å². The molecule has 1 fully saturated rings. The van der Waals surface area contributed by atoms with E-state index in [-0.39, 0.29) is 6.04 Å². The summed E-state index contributed by atoms with van der Waals surface area (Å²) in [5.41, 5.74) is 0. The van der Waals surface area contributed by atoms with E-state index in [9.17, 15) is 13.2 Å². The summed E-state index contributed by atoms with van der Waals surface area (Å²) < 4.78 is 37.0. The Labute approximate surface area is 70.5 Å². The fourth-order valence-electron chi connectivity index (χ4n) is 1.94. The predicted molar refractivity (Wildman–Crippen MR) is 40.9 cm³/mol. The Balaban J connectivity index is 2.64. The lowest BCUT2D eigenvalue weighted by Crippen LogP contribution is -2.38. The number of hydrogen-bond donors (Lipinski definition) is 0. The lowest BCUT2D eigenvalue weighted by Gasteiger charge is -2.27. The van der Waals surface area contributed by atoms with Crippen molar-refractivity contribution in [3.63, 3.8) is 0 Å². The number of alkyl halides is 3. The van der Waals surface area contributed by atoms with Gasteiger partial charge in [0.2, 0.25) is 0 Å². The lowest BCUT2D eigenvalue weighted by atomic mass is 10.0. The SMILES string of the molecule is CN(C)C1CCCC1C(F)(F)F. The van der Waals surface area contributed by atoms with Gasteiger partial charge in [-0.25, -0.2) is 0 Å². The van der Waals surface area contributed by atoms with Crippen LogP contribution in [0.5, 0.6) is 0 Å². The summed E-state index contributed by atoms with van der Waals surface area (Å²) in [6.07, 6.45) is -2.33. The molecule has 0 aromatic rings. The zero-order valence-electron chi connectivity index (χ0n) is 7.36. The van der Waals surface area contributed by atoms with E-state index in [1.54, 1.807) is 19.0 Å². The molecule has 0 N–H and O–H groups in total. The van der Waals surface area contributed by atoms with E-state index in [0.717, 1.165) is 0 Å². The van der Waals surface area contributed by atoms with Crippen LogP contribution in [0.1, 0.15) is 19.3 Å². The molecule has 2 unspecified atom stereocenters. The zero-order chi connectivity index (χ0) is 9.35. The average molecular weight is 181 g/mol. The van der Waals surface area contributed by atoms with Crippen LogP contribution >= 0.6 is 0 Å². The number of rotatable bonds is 1. The highest BCUT2D eigenvalue weighted by Gasteiger charge is 2.47. The topological polar surface area (TPSA) is 3.24 Å². The van der Waals surface area contributed by atoms with Gasteiger partial charge in [-0.1, -0.05) is 6.42 Å². The van der Waals surface area contributed by atoms with Crippen molar-refractivity contribution in [3.05, 3.63) is 0 Å². The number of hydrogen-bond acceptors (Lipinski definition) is 1. The summed E-state index contributed by atoms with van der Waals surface area (Å²) in [5, 5.41) is 0. The van der Waals surface area contributed by atoms with Gasteiger partial charge in [-0.05, 0) is 26.9 Å². The average Bonchev–Trinajstić information content (AvgIpc) is 2.30. The van der Waals surface area contributed by atoms with Gasteiger partial charge >= 0.3 is 6.18 Å². The third kappa shape index (κ3) is 1.91. The van der Waals surface area contributed by atoms with Crippen molar-refractivity contribution in [2.45, 2.75) is 31.5 Å². The van der Waals surface area contributed by atoms with E-state index in [0.29, 0.717) is 19.3 Å². The van der Waals surface area contributed by atoms with E-state index < -0.39 is 12.1 Å². The Morgan fingerprint density at radius 3 is 2.08 bits per heavy atom. The molecule has 0 aliphatic heterocycles. The van der Waals surface area contributed by atoms with Crippen LogP contribution < -0.4 is 0 Å². The first-order valence-electron chi connectivity index (χ1n) is 4.16. The van der Waals surface area contributed by atoms with Gasteiger partial charge in [0.1, 0.15) is 0 Å². The fourth-order valence-corrected chi connectivity index (χ4v) is 1.94.